The number of hydrogen-bond donors (Lipinski definition) is 2. The third kappa shape index (κ3) is 4.52. The summed E-state index contributed by atoms with van der Waals surface area (Å²) in [6.07, 6.45) is 6.68. The highest BCUT2D eigenvalue weighted by Gasteiger charge is 2.19. The summed E-state index contributed by atoms with van der Waals surface area (Å²) < 4.78 is 27.3. The highest BCUT2D eigenvalue weighted by molar-refractivity contribution is 7.92. The van der Waals surface area contributed by atoms with Crippen LogP contribution >= 0.6 is 0 Å². The van der Waals surface area contributed by atoms with Gasteiger partial charge in [-0.25, -0.2) is 8.42 Å². The molecule has 0 aliphatic heterocycles. The standard InChI is InChI=1S/C20H22N2O3S/c1-15-7-13-19(14-8-15)26(24,25)22-18-11-9-17(10-12-18)21-20(23)16-5-3-2-4-6-16/h2-3,7-14,16,22H,4-6H2,1H3,(H,21,23). The largest absolute Gasteiger partial charge is 0.326 e. The van der Waals surface area contributed by atoms with Crippen LogP contribution in [-0.4, -0.2) is 14.3 Å². The van der Waals surface area contributed by atoms with Crippen molar-refractivity contribution in [2.45, 2.75) is 31.1 Å². The highest BCUT2D eigenvalue weighted by atomic mass is 32.2. The molecule has 1 unspecified atom stereocenters. The Morgan fingerprint density at radius 3 is 2.23 bits per heavy atom. The molecule has 0 heterocycles. The molecule has 2 aromatic carbocycles. The first-order valence-electron chi connectivity index (χ1n) is 8.59. The molecule has 0 fully saturated rings. The third-order valence-corrected chi connectivity index (χ3v) is 5.77. The third-order valence-electron chi connectivity index (χ3n) is 4.38. The molecular formula is C20H22N2O3S. The smallest absolute Gasteiger partial charge is 0.261 e. The molecule has 0 spiro atoms. The van der Waals surface area contributed by atoms with Crippen LogP contribution in [0.15, 0.2) is 65.6 Å². The van der Waals surface area contributed by atoms with Gasteiger partial charge >= 0.3 is 0 Å². The summed E-state index contributed by atoms with van der Waals surface area (Å²) in [7, 11) is -3.63. The first-order chi connectivity index (χ1) is 12.4. The minimum Gasteiger partial charge on any atom is -0.326 e. The molecule has 1 aliphatic carbocycles. The first-order valence-corrected chi connectivity index (χ1v) is 10.1. The van der Waals surface area contributed by atoms with E-state index >= 15 is 0 Å². The van der Waals surface area contributed by atoms with Crippen molar-refractivity contribution < 1.29 is 13.2 Å². The topological polar surface area (TPSA) is 75.3 Å². The maximum atomic E-state index is 12.4. The molecule has 2 aromatic rings. The van der Waals surface area contributed by atoms with Crippen molar-refractivity contribution in [2.24, 2.45) is 5.92 Å². The lowest BCUT2D eigenvalue weighted by molar-refractivity contribution is -0.120. The number of hydrogen-bond acceptors (Lipinski definition) is 3. The molecule has 136 valence electrons. The fourth-order valence-corrected chi connectivity index (χ4v) is 3.89. The Labute approximate surface area is 154 Å². The molecule has 3 rings (SSSR count). The molecular weight excluding hydrogens is 348 g/mol. The Kier molecular flexibility index (Phi) is 5.42. The molecule has 2 N–H and O–H groups in total. The van der Waals surface area contributed by atoms with Crippen LogP contribution in [0.1, 0.15) is 24.8 Å². The van der Waals surface area contributed by atoms with Gasteiger partial charge < -0.3 is 5.32 Å². The summed E-state index contributed by atoms with van der Waals surface area (Å²) in [5, 5.41) is 2.89. The van der Waals surface area contributed by atoms with Gasteiger partial charge in [-0.1, -0.05) is 29.8 Å². The predicted octanol–water partition coefficient (Wildman–Crippen LogP) is 4.09. The summed E-state index contributed by atoms with van der Waals surface area (Å²) in [5.74, 6) is 0.00190. The second-order valence-electron chi connectivity index (χ2n) is 6.47. The average molecular weight is 370 g/mol. The van der Waals surface area contributed by atoms with Crippen molar-refractivity contribution in [3.63, 3.8) is 0 Å². The Balaban J connectivity index is 1.64. The van der Waals surface area contributed by atoms with E-state index in [0.29, 0.717) is 11.4 Å². The fourth-order valence-electron chi connectivity index (χ4n) is 2.83. The van der Waals surface area contributed by atoms with E-state index in [9.17, 15) is 13.2 Å². The minimum atomic E-state index is -3.63. The Morgan fingerprint density at radius 1 is 0.962 bits per heavy atom. The SMILES string of the molecule is Cc1ccc(S(=O)(=O)Nc2ccc(NC(=O)C3CC=CCC3)cc2)cc1. The van der Waals surface area contributed by atoms with Crippen LogP contribution in [0.4, 0.5) is 11.4 Å². The number of carbonyl (C=O) groups excluding carboxylic acids is 1. The van der Waals surface area contributed by atoms with Crippen molar-refractivity contribution in [1.82, 2.24) is 0 Å². The summed E-state index contributed by atoms with van der Waals surface area (Å²) in [5.41, 5.74) is 2.10. The number of aryl methyl sites for hydroxylation is 1. The first kappa shape index (κ1) is 18.2. The number of anilines is 2. The Hall–Kier alpha value is -2.60. The Morgan fingerprint density at radius 2 is 1.62 bits per heavy atom. The molecule has 0 aromatic heterocycles. The molecule has 1 aliphatic rings. The number of benzene rings is 2. The number of allylic oxidation sites excluding steroid dienone is 2. The quantitative estimate of drug-likeness (QED) is 0.779. The maximum absolute atomic E-state index is 12.4. The van der Waals surface area contributed by atoms with Crippen LogP contribution in [0.2, 0.25) is 0 Å². The van der Waals surface area contributed by atoms with Gasteiger partial charge in [-0.05, 0) is 62.6 Å². The van der Waals surface area contributed by atoms with E-state index in [4.69, 9.17) is 0 Å². The number of nitrogens with one attached hydrogen (secondary N) is 2. The van der Waals surface area contributed by atoms with Crippen LogP contribution in [0, 0.1) is 12.8 Å². The average Bonchev–Trinajstić information content (AvgIpc) is 2.64. The predicted molar refractivity (Wildman–Crippen MR) is 104 cm³/mol. The molecule has 26 heavy (non-hydrogen) atoms. The maximum Gasteiger partial charge on any atom is 0.261 e. The van der Waals surface area contributed by atoms with Gasteiger partial charge in [0.2, 0.25) is 5.91 Å². The van der Waals surface area contributed by atoms with E-state index in [2.05, 4.69) is 16.1 Å². The molecule has 0 saturated carbocycles. The van der Waals surface area contributed by atoms with Crippen LogP contribution in [-0.2, 0) is 14.8 Å². The summed E-state index contributed by atoms with van der Waals surface area (Å²) >= 11 is 0. The van der Waals surface area contributed by atoms with Crippen LogP contribution in [0.25, 0.3) is 0 Å². The van der Waals surface area contributed by atoms with E-state index in [1.165, 1.54) is 0 Å². The van der Waals surface area contributed by atoms with Gasteiger partial charge in [0, 0.05) is 17.3 Å². The van der Waals surface area contributed by atoms with Gasteiger partial charge in [-0.2, -0.15) is 0 Å². The zero-order chi connectivity index (χ0) is 18.6. The number of amides is 1. The summed E-state index contributed by atoms with van der Waals surface area (Å²) in [4.78, 5) is 12.5. The van der Waals surface area contributed by atoms with E-state index in [1.54, 1.807) is 48.5 Å². The van der Waals surface area contributed by atoms with Crippen LogP contribution in [0.3, 0.4) is 0 Å². The number of rotatable bonds is 5. The van der Waals surface area contributed by atoms with E-state index in [1.807, 2.05) is 13.0 Å². The molecule has 1 amide bonds. The van der Waals surface area contributed by atoms with Gasteiger partial charge in [-0.15, -0.1) is 0 Å². The minimum absolute atomic E-state index is 0.000262. The van der Waals surface area contributed by atoms with Gasteiger partial charge in [-0.3, -0.25) is 9.52 Å². The molecule has 6 heteroatoms. The van der Waals surface area contributed by atoms with Crippen molar-refractivity contribution in [3.8, 4) is 0 Å². The number of carbonyl (C=O) groups is 1. The molecule has 0 bridgehead atoms. The van der Waals surface area contributed by atoms with Gasteiger partial charge in [0.1, 0.15) is 0 Å². The summed E-state index contributed by atoms with van der Waals surface area (Å²) in [6.45, 7) is 1.90. The van der Waals surface area contributed by atoms with Crippen molar-refractivity contribution in [3.05, 3.63) is 66.2 Å². The van der Waals surface area contributed by atoms with Gasteiger partial charge in [0.25, 0.3) is 10.0 Å². The van der Waals surface area contributed by atoms with Gasteiger partial charge in [0.05, 0.1) is 4.90 Å². The zero-order valence-electron chi connectivity index (χ0n) is 14.6. The molecule has 0 radical (unpaired) electrons. The van der Waals surface area contributed by atoms with Crippen LogP contribution in [0.5, 0.6) is 0 Å². The zero-order valence-corrected chi connectivity index (χ0v) is 15.4. The van der Waals surface area contributed by atoms with Gasteiger partial charge in [0.15, 0.2) is 0 Å². The van der Waals surface area contributed by atoms with Crippen molar-refractivity contribution >= 4 is 27.3 Å². The highest BCUT2D eigenvalue weighted by Crippen LogP contribution is 2.22. The normalized spacial score (nSPS) is 16.9. The second kappa shape index (κ2) is 7.74. The molecule has 0 saturated heterocycles. The lowest BCUT2D eigenvalue weighted by Gasteiger charge is -2.17. The summed E-state index contributed by atoms with van der Waals surface area (Å²) in [6, 6.07) is 13.3. The van der Waals surface area contributed by atoms with Crippen molar-refractivity contribution in [1.29, 1.82) is 0 Å². The van der Waals surface area contributed by atoms with E-state index < -0.39 is 10.0 Å². The second-order valence-corrected chi connectivity index (χ2v) is 8.15. The van der Waals surface area contributed by atoms with Crippen LogP contribution < -0.4 is 10.0 Å². The lowest BCUT2D eigenvalue weighted by Crippen LogP contribution is -2.23. The van der Waals surface area contributed by atoms with Crippen molar-refractivity contribution in [2.75, 3.05) is 10.0 Å². The van der Waals surface area contributed by atoms with E-state index in [0.717, 1.165) is 24.8 Å². The fraction of sp³-hybridized carbons (Fsp3) is 0.250. The Bertz CT molecular complexity index is 901. The monoisotopic (exact) mass is 370 g/mol. The number of sulfonamides is 1. The molecule has 5 nitrogen and oxygen atoms in total. The lowest BCUT2D eigenvalue weighted by atomic mass is 9.93. The van der Waals surface area contributed by atoms with E-state index in [-0.39, 0.29) is 16.7 Å². The molecule has 1 atom stereocenters.